The van der Waals surface area contributed by atoms with Gasteiger partial charge in [-0.15, -0.1) is 0 Å². The lowest BCUT2D eigenvalue weighted by molar-refractivity contribution is -0.133. The predicted octanol–water partition coefficient (Wildman–Crippen LogP) is 6.93. The number of alkyl halides is 3. The number of halogens is 3. The normalized spacial score (nSPS) is 16.4. The minimum Gasteiger partial charge on any atom is -0.325 e. The number of aromatic nitrogens is 3. The van der Waals surface area contributed by atoms with Gasteiger partial charge in [0.15, 0.2) is 0 Å². The summed E-state index contributed by atoms with van der Waals surface area (Å²) in [5, 5.41) is 5.66. The molecule has 2 N–H and O–H groups in total. The van der Waals surface area contributed by atoms with Gasteiger partial charge in [-0.3, -0.25) is 19.2 Å². The van der Waals surface area contributed by atoms with E-state index in [1.807, 2.05) is 6.07 Å². The topological polar surface area (TPSA) is 116 Å². The Kier molecular flexibility index (Phi) is 13.4. The fraction of sp³-hybridized carbons (Fsp3) is 0.410. The zero-order chi connectivity index (χ0) is 38.1. The van der Waals surface area contributed by atoms with Crippen molar-refractivity contribution < 1.29 is 22.8 Å². The van der Waals surface area contributed by atoms with Crippen molar-refractivity contribution in [2.75, 3.05) is 24.5 Å². The standard InChI is InChI=1S/C31H28F3N7O3.2C4H9.Al.H/c32-31(33,34)19-41-25-12-5-4-10-22(25)26(20-8-2-1-3-9-20)37-27(28(41)42)38-29(43)39-16-13-21(14-17-39)40-18-24(36-30(40)44)23-11-6-7-15-35-23;2*1-4(2)3;;/h1-12,15,18,21,27H,13-14,16-17,19H2,(H,36,44)(H,38,43);2*4H,1H2,2-3H3;;/t27-;;;;/m0..../s1. The van der Waals surface area contributed by atoms with Crippen LogP contribution in [0, 0.1) is 11.8 Å². The molecule has 280 valence electrons. The van der Waals surface area contributed by atoms with E-state index >= 15 is 0 Å². The fourth-order valence-electron chi connectivity index (χ4n) is 6.51. The molecular weight excluding hydrogens is 698 g/mol. The highest BCUT2D eigenvalue weighted by atomic mass is 27.1. The number of imidazole rings is 1. The molecule has 0 bridgehead atoms. The van der Waals surface area contributed by atoms with E-state index in [0.29, 0.717) is 61.2 Å². The molecule has 1 saturated heterocycles. The molecule has 0 aliphatic carbocycles. The van der Waals surface area contributed by atoms with E-state index in [1.54, 1.807) is 77.6 Å². The fourth-order valence-corrected chi connectivity index (χ4v) is 8.38. The number of para-hydroxylation sites is 1. The number of rotatable bonds is 9. The lowest BCUT2D eigenvalue weighted by Gasteiger charge is -2.33. The van der Waals surface area contributed by atoms with Crippen LogP contribution in [0.25, 0.3) is 11.4 Å². The van der Waals surface area contributed by atoms with Crippen LogP contribution in [0.1, 0.15) is 57.7 Å². The Bertz CT molecular complexity index is 1900. The quantitative estimate of drug-likeness (QED) is 0.181. The first-order valence-electron chi connectivity index (χ1n) is 18.2. The van der Waals surface area contributed by atoms with Crippen LogP contribution >= 0.6 is 0 Å². The molecule has 4 heterocycles. The lowest BCUT2D eigenvalue weighted by atomic mass is 10.0. The maximum Gasteiger partial charge on any atom is 0.406 e. The number of aromatic amines is 1. The number of benzodiazepines with no additional fused rings is 1. The molecule has 2 aromatic carbocycles. The number of H-pyrrole nitrogens is 1. The first kappa shape index (κ1) is 39.5. The van der Waals surface area contributed by atoms with Crippen molar-refractivity contribution in [1.29, 1.82) is 0 Å². The number of fused-ring (bicyclic) bond motifs is 1. The maximum atomic E-state index is 13.7. The molecule has 0 unspecified atom stereocenters. The number of aliphatic imine (C=N–C) groups is 1. The molecular formula is C39H47AlF3N7O3. The molecule has 1 atom stereocenters. The molecule has 1 fully saturated rings. The summed E-state index contributed by atoms with van der Waals surface area (Å²) in [5.74, 6) is 0.913. The SMILES string of the molecule is CC(C)[CH2][AlH][CH2]C(C)C.O=C(N[C@@H]1N=C(c2ccccc2)c2ccccc2N(CC(F)(F)F)C1=O)N1CCC(n2cc(-c3ccccn3)[nH]c2=O)CC1. The summed E-state index contributed by atoms with van der Waals surface area (Å²) in [6, 6.07) is 19.6. The van der Waals surface area contributed by atoms with Crippen molar-refractivity contribution in [2.24, 2.45) is 16.8 Å². The number of piperidine rings is 1. The van der Waals surface area contributed by atoms with Gasteiger partial charge in [-0.25, -0.2) is 14.6 Å². The van der Waals surface area contributed by atoms with Crippen molar-refractivity contribution in [3.05, 3.63) is 107 Å². The van der Waals surface area contributed by atoms with E-state index in [2.05, 4.69) is 48.0 Å². The average molecular weight is 746 g/mol. The smallest absolute Gasteiger partial charge is 0.325 e. The van der Waals surface area contributed by atoms with Crippen LogP contribution in [-0.2, 0) is 4.79 Å². The van der Waals surface area contributed by atoms with Gasteiger partial charge in [0.1, 0.15) is 6.54 Å². The second-order valence-corrected chi connectivity index (χ2v) is 16.1. The van der Waals surface area contributed by atoms with Gasteiger partial charge in [0.2, 0.25) is 21.4 Å². The Balaban J connectivity index is 0.000000534. The average Bonchev–Trinajstić information content (AvgIpc) is 3.49. The van der Waals surface area contributed by atoms with Gasteiger partial charge >= 0.3 is 17.9 Å². The number of pyridine rings is 1. The first-order valence-corrected chi connectivity index (χ1v) is 20.2. The zero-order valence-corrected chi connectivity index (χ0v) is 32.1. The number of likely N-dealkylation sites (tertiary alicyclic amines) is 1. The molecule has 14 heteroatoms. The van der Waals surface area contributed by atoms with Crippen molar-refractivity contribution >= 4 is 38.6 Å². The summed E-state index contributed by atoms with van der Waals surface area (Å²) in [6.45, 7) is 8.29. The van der Waals surface area contributed by atoms with E-state index in [0.717, 1.165) is 11.8 Å². The number of urea groups is 1. The summed E-state index contributed by atoms with van der Waals surface area (Å²) in [7, 11) is 0. The van der Waals surface area contributed by atoms with Gasteiger partial charge in [0, 0.05) is 42.7 Å². The minimum atomic E-state index is -4.69. The Labute approximate surface area is 314 Å². The number of anilines is 1. The number of carbonyl (C=O) groups is 2. The van der Waals surface area contributed by atoms with Gasteiger partial charge in [0.05, 0.1) is 22.8 Å². The van der Waals surface area contributed by atoms with E-state index in [1.165, 1.54) is 21.5 Å². The molecule has 10 nitrogen and oxygen atoms in total. The third-order valence-corrected chi connectivity index (χ3v) is 12.4. The molecule has 3 amide bonds. The highest BCUT2D eigenvalue weighted by molar-refractivity contribution is 6.35. The molecule has 53 heavy (non-hydrogen) atoms. The molecule has 2 aromatic heterocycles. The number of hydrogen-bond acceptors (Lipinski definition) is 5. The molecule has 2 aliphatic rings. The third-order valence-electron chi connectivity index (χ3n) is 9.25. The van der Waals surface area contributed by atoms with Gasteiger partial charge < -0.3 is 15.2 Å². The van der Waals surface area contributed by atoms with Crippen molar-refractivity contribution in [3.8, 4) is 11.4 Å². The van der Waals surface area contributed by atoms with Crippen LogP contribution in [0.3, 0.4) is 0 Å². The van der Waals surface area contributed by atoms with Crippen LogP contribution in [-0.4, -0.2) is 84.3 Å². The van der Waals surface area contributed by atoms with Gasteiger partial charge in [-0.05, 0) is 31.0 Å². The molecule has 2 aliphatic heterocycles. The number of hydrogen-bond donors (Lipinski definition) is 2. The Hall–Kier alpha value is -4.67. The van der Waals surface area contributed by atoms with Crippen LogP contribution in [0.2, 0.25) is 10.6 Å². The van der Waals surface area contributed by atoms with Gasteiger partial charge in [0.25, 0.3) is 5.91 Å². The second-order valence-electron chi connectivity index (χ2n) is 14.3. The van der Waals surface area contributed by atoms with Crippen molar-refractivity contribution in [1.82, 2.24) is 24.8 Å². The molecule has 0 radical (unpaired) electrons. The van der Waals surface area contributed by atoms with Crippen LogP contribution in [0.5, 0.6) is 0 Å². The monoisotopic (exact) mass is 745 g/mol. The predicted molar refractivity (Wildman–Crippen MR) is 204 cm³/mol. The lowest BCUT2D eigenvalue weighted by Crippen LogP contribution is -2.54. The van der Waals surface area contributed by atoms with E-state index in [-0.39, 0.29) is 30.5 Å². The highest BCUT2D eigenvalue weighted by Gasteiger charge is 2.40. The summed E-state index contributed by atoms with van der Waals surface area (Å²) in [4.78, 5) is 53.4. The van der Waals surface area contributed by atoms with E-state index in [9.17, 15) is 27.6 Å². The number of amides is 3. The second kappa shape index (κ2) is 17.9. The van der Waals surface area contributed by atoms with Crippen molar-refractivity contribution in [3.63, 3.8) is 0 Å². The van der Waals surface area contributed by atoms with Crippen LogP contribution < -0.4 is 15.9 Å². The summed E-state index contributed by atoms with van der Waals surface area (Å²) >= 11 is 0.316. The Morgan fingerprint density at radius 1 is 0.925 bits per heavy atom. The molecule has 0 saturated carbocycles. The Morgan fingerprint density at radius 3 is 2.19 bits per heavy atom. The summed E-state index contributed by atoms with van der Waals surface area (Å²) < 4.78 is 42.7. The number of benzene rings is 2. The largest absolute Gasteiger partial charge is 0.406 e. The summed E-state index contributed by atoms with van der Waals surface area (Å²) in [5.41, 5.74) is 2.20. The minimum absolute atomic E-state index is 0.0528. The van der Waals surface area contributed by atoms with E-state index < -0.39 is 30.8 Å². The highest BCUT2D eigenvalue weighted by Crippen LogP contribution is 2.31. The molecule has 4 aromatic rings. The van der Waals surface area contributed by atoms with E-state index in [4.69, 9.17) is 0 Å². The maximum absolute atomic E-state index is 13.7. The zero-order valence-electron chi connectivity index (χ0n) is 30.6. The number of nitrogens with one attached hydrogen (secondary N) is 2. The number of carbonyl (C=O) groups excluding carboxylic acids is 2. The van der Waals surface area contributed by atoms with Gasteiger partial charge in [-0.1, -0.05) is 105 Å². The van der Waals surface area contributed by atoms with Crippen molar-refractivity contribution in [2.45, 2.75) is 69.5 Å². The third kappa shape index (κ3) is 10.7. The first-order chi connectivity index (χ1) is 25.3. The molecule has 6 rings (SSSR count). The van der Waals surface area contributed by atoms with Crippen LogP contribution in [0.15, 0.2) is 95.0 Å². The number of nitrogens with zero attached hydrogens (tertiary/aromatic N) is 5. The molecule has 0 spiro atoms. The van der Waals surface area contributed by atoms with Crippen LogP contribution in [0.4, 0.5) is 23.7 Å². The Morgan fingerprint density at radius 2 is 1.57 bits per heavy atom. The van der Waals surface area contributed by atoms with Gasteiger partial charge in [-0.2, -0.15) is 13.2 Å². The summed E-state index contributed by atoms with van der Waals surface area (Å²) in [6.07, 6.45) is -2.04.